The highest BCUT2D eigenvalue weighted by atomic mass is 35.5. The lowest BCUT2D eigenvalue weighted by Gasteiger charge is -2.42. The summed E-state index contributed by atoms with van der Waals surface area (Å²) < 4.78 is 0. The van der Waals surface area contributed by atoms with Gasteiger partial charge in [0.2, 0.25) is 0 Å². The van der Waals surface area contributed by atoms with Gasteiger partial charge in [0.1, 0.15) is 0 Å². The van der Waals surface area contributed by atoms with Crippen molar-refractivity contribution in [2.45, 2.75) is 77.1 Å². The normalized spacial score (nSPS) is 15.0. The molecular formula is C14H31ClSi. The molecule has 16 heavy (non-hydrogen) atoms. The van der Waals surface area contributed by atoms with Crippen molar-refractivity contribution in [1.82, 2.24) is 0 Å². The van der Waals surface area contributed by atoms with Crippen LogP contribution in [0.1, 0.15) is 66.7 Å². The summed E-state index contributed by atoms with van der Waals surface area (Å²) >= 11 is 6.69. The summed E-state index contributed by atoms with van der Waals surface area (Å²) in [6.45, 7) is 11.6. The molecule has 1 unspecified atom stereocenters. The van der Waals surface area contributed by atoms with Gasteiger partial charge in [0.15, 0.2) is 0 Å². The van der Waals surface area contributed by atoms with Gasteiger partial charge in [-0.25, -0.2) is 0 Å². The van der Waals surface area contributed by atoms with E-state index in [2.05, 4.69) is 34.6 Å². The molecule has 1 atom stereocenters. The van der Waals surface area contributed by atoms with Gasteiger partial charge in [-0.05, 0) is 23.3 Å². The Bertz CT molecular complexity index is 170. The molecule has 0 aliphatic heterocycles. The van der Waals surface area contributed by atoms with Crippen molar-refractivity contribution >= 4 is 21.8 Å². The quantitative estimate of drug-likeness (QED) is 0.346. The SMILES string of the molecule is CCCCCCC(Cl)C([SiH3])(C(C)C)C(C)C. The van der Waals surface area contributed by atoms with Crippen molar-refractivity contribution in [3.05, 3.63) is 0 Å². The molecule has 0 saturated heterocycles. The second-order valence-electron chi connectivity index (χ2n) is 5.99. The standard InChI is InChI=1S/C14H31ClSi/c1-6-7-8-9-10-13(15)14(16,11(2)3)12(4)5/h11-13H,6-10H2,1-5,16H3. The number of alkyl halides is 1. The summed E-state index contributed by atoms with van der Waals surface area (Å²) in [6, 6.07) is 0. The minimum absolute atomic E-state index is 0.385. The molecule has 0 bridgehead atoms. The fourth-order valence-electron chi connectivity index (χ4n) is 2.45. The zero-order chi connectivity index (χ0) is 12.8. The smallest absolute Gasteiger partial charge is 0.0364 e. The third kappa shape index (κ3) is 4.41. The monoisotopic (exact) mass is 262 g/mol. The Morgan fingerprint density at radius 3 is 1.88 bits per heavy atom. The van der Waals surface area contributed by atoms with E-state index in [4.69, 9.17) is 11.6 Å². The molecule has 0 aliphatic rings. The van der Waals surface area contributed by atoms with Crippen molar-refractivity contribution in [2.75, 3.05) is 0 Å². The van der Waals surface area contributed by atoms with Crippen molar-refractivity contribution in [3.63, 3.8) is 0 Å². The van der Waals surface area contributed by atoms with Gasteiger partial charge in [0, 0.05) is 15.6 Å². The molecule has 0 nitrogen and oxygen atoms in total. The van der Waals surface area contributed by atoms with Gasteiger partial charge in [-0.3, -0.25) is 0 Å². The Morgan fingerprint density at radius 1 is 1.00 bits per heavy atom. The molecule has 0 fully saturated rings. The van der Waals surface area contributed by atoms with E-state index in [0.29, 0.717) is 22.3 Å². The van der Waals surface area contributed by atoms with Crippen LogP contribution < -0.4 is 0 Å². The fraction of sp³-hybridized carbons (Fsp3) is 1.00. The highest BCUT2D eigenvalue weighted by Crippen LogP contribution is 2.47. The maximum Gasteiger partial charge on any atom is 0.0364 e. The lowest BCUT2D eigenvalue weighted by molar-refractivity contribution is 0.289. The third-order valence-corrected chi connectivity index (χ3v) is 8.53. The molecule has 0 heterocycles. The molecular weight excluding hydrogens is 232 g/mol. The Hall–Kier alpha value is 0.507. The summed E-state index contributed by atoms with van der Waals surface area (Å²) in [6.07, 6.45) is 6.55. The average Bonchev–Trinajstić information content (AvgIpc) is 2.22. The van der Waals surface area contributed by atoms with Gasteiger partial charge in [0.05, 0.1) is 0 Å². The minimum Gasteiger partial charge on any atom is -0.123 e. The van der Waals surface area contributed by atoms with Crippen molar-refractivity contribution < 1.29 is 0 Å². The van der Waals surface area contributed by atoms with Gasteiger partial charge in [-0.2, -0.15) is 0 Å². The second kappa shape index (κ2) is 7.76. The first-order chi connectivity index (χ1) is 7.37. The summed E-state index contributed by atoms with van der Waals surface area (Å²) in [4.78, 5) is 0. The molecule has 98 valence electrons. The molecule has 0 rings (SSSR count). The number of rotatable bonds is 8. The first-order valence-corrected chi connectivity index (χ1v) is 8.45. The van der Waals surface area contributed by atoms with Gasteiger partial charge in [-0.15, -0.1) is 11.6 Å². The zero-order valence-corrected chi connectivity index (χ0v) is 14.9. The van der Waals surface area contributed by atoms with E-state index in [0.717, 1.165) is 0 Å². The summed E-state index contributed by atoms with van der Waals surface area (Å²) in [7, 11) is 1.21. The van der Waals surface area contributed by atoms with Crippen LogP contribution in [0.5, 0.6) is 0 Å². The predicted octanol–water partition coefficient (Wildman–Crippen LogP) is 4.40. The lowest BCUT2D eigenvalue weighted by atomic mass is 9.79. The summed E-state index contributed by atoms with van der Waals surface area (Å²) in [5.41, 5.74) is 0. The zero-order valence-electron chi connectivity index (χ0n) is 12.1. The van der Waals surface area contributed by atoms with Crippen LogP contribution in [-0.4, -0.2) is 15.6 Å². The molecule has 2 heteroatoms. The molecule has 0 N–H and O–H groups in total. The van der Waals surface area contributed by atoms with Crippen LogP contribution in [0.4, 0.5) is 0 Å². The maximum absolute atomic E-state index is 6.69. The van der Waals surface area contributed by atoms with Crippen LogP contribution in [-0.2, 0) is 0 Å². The number of unbranched alkanes of at least 4 members (excludes halogenated alkanes) is 3. The third-order valence-electron chi connectivity index (χ3n) is 4.47. The highest BCUT2D eigenvalue weighted by Gasteiger charge is 2.38. The Morgan fingerprint density at radius 2 is 1.50 bits per heavy atom. The molecule has 0 aromatic heterocycles. The van der Waals surface area contributed by atoms with Crippen molar-refractivity contribution in [2.24, 2.45) is 11.8 Å². The van der Waals surface area contributed by atoms with Gasteiger partial charge >= 0.3 is 0 Å². The van der Waals surface area contributed by atoms with Crippen LogP contribution in [0.2, 0.25) is 5.04 Å². The Balaban J connectivity index is 4.24. The van der Waals surface area contributed by atoms with E-state index in [1.54, 1.807) is 0 Å². The molecule has 0 radical (unpaired) electrons. The largest absolute Gasteiger partial charge is 0.123 e. The van der Waals surface area contributed by atoms with Crippen LogP contribution >= 0.6 is 11.6 Å². The Labute approximate surface area is 111 Å². The summed E-state index contributed by atoms with van der Waals surface area (Å²) in [5.74, 6) is 1.43. The molecule has 0 spiro atoms. The van der Waals surface area contributed by atoms with Crippen molar-refractivity contribution in [1.29, 1.82) is 0 Å². The number of hydrogen-bond acceptors (Lipinski definition) is 0. The van der Waals surface area contributed by atoms with Crippen LogP contribution in [0.25, 0.3) is 0 Å². The second-order valence-corrected chi connectivity index (χ2v) is 8.25. The van der Waals surface area contributed by atoms with E-state index < -0.39 is 0 Å². The van der Waals surface area contributed by atoms with E-state index >= 15 is 0 Å². The number of halogens is 1. The first-order valence-electron chi connectivity index (χ1n) is 7.01. The minimum atomic E-state index is 0.385. The van der Waals surface area contributed by atoms with Crippen molar-refractivity contribution in [3.8, 4) is 0 Å². The van der Waals surface area contributed by atoms with Gasteiger partial charge < -0.3 is 0 Å². The highest BCUT2D eigenvalue weighted by molar-refractivity contribution is 6.28. The van der Waals surface area contributed by atoms with E-state index in [-0.39, 0.29) is 0 Å². The lowest BCUT2D eigenvalue weighted by Crippen LogP contribution is -2.35. The predicted molar refractivity (Wildman–Crippen MR) is 80.7 cm³/mol. The van der Waals surface area contributed by atoms with E-state index in [1.807, 2.05) is 0 Å². The molecule has 0 amide bonds. The fourth-order valence-corrected chi connectivity index (χ4v) is 3.40. The molecule has 0 aromatic rings. The average molecular weight is 263 g/mol. The molecule has 0 saturated carbocycles. The van der Waals surface area contributed by atoms with Gasteiger partial charge in [-0.1, -0.05) is 60.3 Å². The number of hydrogen-bond donors (Lipinski definition) is 0. The molecule has 0 aliphatic carbocycles. The van der Waals surface area contributed by atoms with E-state index in [9.17, 15) is 0 Å². The van der Waals surface area contributed by atoms with Gasteiger partial charge in [0.25, 0.3) is 0 Å². The topological polar surface area (TPSA) is 0 Å². The maximum atomic E-state index is 6.69. The van der Waals surface area contributed by atoms with Crippen LogP contribution in [0.3, 0.4) is 0 Å². The van der Waals surface area contributed by atoms with Crippen LogP contribution in [0, 0.1) is 11.8 Å². The summed E-state index contributed by atoms with van der Waals surface area (Å²) in [5, 5.41) is 0.796. The van der Waals surface area contributed by atoms with E-state index in [1.165, 1.54) is 42.3 Å². The Kier molecular flexibility index (Phi) is 8.01. The first kappa shape index (κ1) is 16.5. The molecule has 0 aromatic carbocycles. The van der Waals surface area contributed by atoms with Crippen LogP contribution in [0.15, 0.2) is 0 Å².